The average Bonchev–Trinajstić information content (AvgIpc) is 2.88. The second kappa shape index (κ2) is 20.8. The quantitative estimate of drug-likeness (QED) is 0.477. The lowest BCUT2D eigenvalue weighted by atomic mass is 9.93. The molecule has 0 bridgehead atoms. The minimum absolute atomic E-state index is 0.775. The lowest BCUT2D eigenvalue weighted by Crippen LogP contribution is -2.14. The van der Waals surface area contributed by atoms with E-state index >= 15 is 0 Å². The molecule has 2 aliphatic heterocycles. The molecule has 0 unspecified atom stereocenters. The average molecular weight is 429 g/mol. The first-order chi connectivity index (χ1) is 15.2. The van der Waals surface area contributed by atoms with Crippen LogP contribution in [0.4, 0.5) is 0 Å². The Bertz CT molecular complexity index is 718. The van der Waals surface area contributed by atoms with Crippen LogP contribution in [0.1, 0.15) is 87.3 Å². The van der Waals surface area contributed by atoms with Crippen molar-refractivity contribution in [2.45, 2.75) is 89.0 Å². The molecule has 2 aliphatic rings. The summed E-state index contributed by atoms with van der Waals surface area (Å²) in [5.74, 6) is 3.43. The standard InChI is InChI=1S/C19H18O2.5C2H6/c1-5-13-11-16-18(20-12(13)4)9-8-15-10-14(6-2)17(7-3)21-19(15)16;5*1-2/h5-9H,1-3,10-11H2,4H3;5*1-2H3. The Labute approximate surface area is 194 Å². The van der Waals surface area contributed by atoms with Crippen molar-refractivity contribution in [1.82, 2.24) is 0 Å². The fourth-order valence-corrected chi connectivity index (χ4v) is 2.76. The maximum atomic E-state index is 6.06. The Morgan fingerprint density at radius 2 is 1.19 bits per heavy atom. The van der Waals surface area contributed by atoms with E-state index in [2.05, 4.69) is 25.8 Å². The van der Waals surface area contributed by atoms with Gasteiger partial charge in [0.25, 0.3) is 0 Å². The number of allylic oxidation sites excluding steroid dienone is 6. The molecule has 2 nitrogen and oxygen atoms in total. The van der Waals surface area contributed by atoms with Crippen LogP contribution in [0.25, 0.3) is 0 Å². The molecular weight excluding hydrogens is 380 g/mol. The van der Waals surface area contributed by atoms with Crippen LogP contribution >= 0.6 is 0 Å². The van der Waals surface area contributed by atoms with Crippen LogP contribution in [0.3, 0.4) is 0 Å². The first-order valence-corrected chi connectivity index (χ1v) is 12.0. The highest BCUT2D eigenvalue weighted by molar-refractivity contribution is 5.59. The van der Waals surface area contributed by atoms with Gasteiger partial charge in [-0.25, -0.2) is 0 Å². The van der Waals surface area contributed by atoms with Crippen molar-refractivity contribution in [1.29, 1.82) is 0 Å². The van der Waals surface area contributed by atoms with Crippen LogP contribution < -0.4 is 9.47 Å². The topological polar surface area (TPSA) is 18.5 Å². The largest absolute Gasteiger partial charge is 0.461 e. The van der Waals surface area contributed by atoms with E-state index in [1.165, 1.54) is 0 Å². The summed E-state index contributed by atoms with van der Waals surface area (Å²) in [7, 11) is 0. The van der Waals surface area contributed by atoms with E-state index in [0.717, 1.165) is 58.1 Å². The fourth-order valence-electron chi connectivity index (χ4n) is 2.76. The number of benzene rings is 1. The summed E-state index contributed by atoms with van der Waals surface area (Å²) in [4.78, 5) is 0. The Hall–Kier alpha value is -2.48. The normalized spacial score (nSPS) is 12.1. The minimum atomic E-state index is 0.775. The van der Waals surface area contributed by atoms with Crippen LogP contribution in [0.15, 0.2) is 72.8 Å². The van der Waals surface area contributed by atoms with Crippen molar-refractivity contribution in [3.63, 3.8) is 0 Å². The molecule has 0 aliphatic carbocycles. The first kappa shape index (κ1) is 33.2. The maximum absolute atomic E-state index is 6.06. The summed E-state index contributed by atoms with van der Waals surface area (Å²) in [6.45, 7) is 33.5. The Balaban J connectivity index is -0.000000692. The molecule has 31 heavy (non-hydrogen) atoms. The van der Waals surface area contributed by atoms with Crippen molar-refractivity contribution in [3.05, 3.63) is 83.9 Å². The lowest BCUT2D eigenvalue weighted by Gasteiger charge is -2.27. The minimum Gasteiger partial charge on any atom is -0.461 e. The van der Waals surface area contributed by atoms with Gasteiger partial charge in [0.05, 0.1) is 0 Å². The summed E-state index contributed by atoms with van der Waals surface area (Å²) in [6, 6.07) is 4.07. The third-order valence-electron chi connectivity index (χ3n) is 3.97. The van der Waals surface area contributed by atoms with E-state index in [0.29, 0.717) is 0 Å². The second-order valence-electron chi connectivity index (χ2n) is 5.17. The molecule has 0 aromatic heterocycles. The van der Waals surface area contributed by atoms with Crippen LogP contribution in [0, 0.1) is 0 Å². The van der Waals surface area contributed by atoms with Gasteiger partial charge in [0.1, 0.15) is 23.0 Å². The van der Waals surface area contributed by atoms with Gasteiger partial charge in [0.2, 0.25) is 0 Å². The predicted octanol–water partition coefficient (Wildman–Crippen LogP) is 9.77. The number of fused-ring (bicyclic) bond motifs is 3. The van der Waals surface area contributed by atoms with Gasteiger partial charge in [-0.2, -0.15) is 0 Å². The third kappa shape index (κ3) is 9.04. The molecule has 0 radical (unpaired) electrons. The molecular formula is C29H48O2. The van der Waals surface area contributed by atoms with Gasteiger partial charge in [-0.05, 0) is 35.8 Å². The maximum Gasteiger partial charge on any atom is 0.138 e. The highest BCUT2D eigenvalue weighted by Crippen LogP contribution is 2.42. The van der Waals surface area contributed by atoms with E-state index in [1.54, 1.807) is 6.08 Å². The second-order valence-corrected chi connectivity index (χ2v) is 5.17. The van der Waals surface area contributed by atoms with Gasteiger partial charge in [0, 0.05) is 18.4 Å². The van der Waals surface area contributed by atoms with Crippen molar-refractivity contribution in [3.8, 4) is 11.5 Å². The molecule has 0 saturated heterocycles. The monoisotopic (exact) mass is 428 g/mol. The molecule has 0 amide bonds. The fraction of sp³-hybridized carbons (Fsp3) is 0.448. The number of hydrogen-bond acceptors (Lipinski definition) is 2. The molecule has 2 heteroatoms. The van der Waals surface area contributed by atoms with Gasteiger partial charge in [-0.3, -0.25) is 0 Å². The Morgan fingerprint density at radius 1 is 0.677 bits per heavy atom. The third-order valence-corrected chi connectivity index (χ3v) is 3.97. The van der Waals surface area contributed by atoms with E-state index in [1.807, 2.05) is 94.4 Å². The summed E-state index contributed by atoms with van der Waals surface area (Å²) >= 11 is 0. The van der Waals surface area contributed by atoms with Gasteiger partial charge in [-0.15, -0.1) is 0 Å². The summed E-state index contributed by atoms with van der Waals surface area (Å²) in [5.41, 5.74) is 4.39. The summed E-state index contributed by atoms with van der Waals surface area (Å²) in [5, 5.41) is 0. The smallest absolute Gasteiger partial charge is 0.138 e. The lowest BCUT2D eigenvalue weighted by molar-refractivity contribution is 0.383. The molecule has 0 spiro atoms. The van der Waals surface area contributed by atoms with Crippen LogP contribution in [0.2, 0.25) is 0 Å². The van der Waals surface area contributed by atoms with Crippen molar-refractivity contribution in [2.24, 2.45) is 0 Å². The van der Waals surface area contributed by atoms with E-state index in [9.17, 15) is 0 Å². The van der Waals surface area contributed by atoms with Crippen LogP contribution in [-0.4, -0.2) is 0 Å². The predicted molar refractivity (Wildman–Crippen MR) is 142 cm³/mol. The SMILES string of the molecule is C=CC1=C(C)Oc2ccc3c(c2C1)OC(C=C)=C(C=C)C3.CC.CC.CC.CC.CC. The molecule has 0 saturated carbocycles. The Kier molecular flexibility index (Phi) is 22.2. The molecule has 0 atom stereocenters. The molecule has 2 heterocycles. The van der Waals surface area contributed by atoms with Crippen molar-refractivity contribution < 1.29 is 9.47 Å². The van der Waals surface area contributed by atoms with Gasteiger partial charge < -0.3 is 9.47 Å². The molecule has 3 rings (SSSR count). The first-order valence-electron chi connectivity index (χ1n) is 12.0. The number of hydrogen-bond donors (Lipinski definition) is 0. The Morgan fingerprint density at radius 3 is 1.65 bits per heavy atom. The molecule has 1 aromatic rings. The number of ether oxygens (including phenoxy) is 2. The highest BCUT2D eigenvalue weighted by atomic mass is 16.5. The van der Waals surface area contributed by atoms with Gasteiger partial charge in [0.15, 0.2) is 0 Å². The number of rotatable bonds is 3. The molecule has 0 N–H and O–H groups in total. The van der Waals surface area contributed by atoms with Gasteiger partial charge in [-0.1, -0.05) is 107 Å². The zero-order valence-corrected chi connectivity index (χ0v) is 22.2. The zero-order valence-electron chi connectivity index (χ0n) is 22.2. The molecule has 176 valence electrons. The van der Waals surface area contributed by atoms with E-state index in [-0.39, 0.29) is 0 Å². The van der Waals surface area contributed by atoms with E-state index < -0.39 is 0 Å². The molecule has 0 fully saturated rings. The molecule has 1 aromatic carbocycles. The van der Waals surface area contributed by atoms with Crippen LogP contribution in [-0.2, 0) is 12.8 Å². The van der Waals surface area contributed by atoms with Crippen LogP contribution in [0.5, 0.6) is 11.5 Å². The van der Waals surface area contributed by atoms with E-state index in [4.69, 9.17) is 9.47 Å². The van der Waals surface area contributed by atoms with Crippen molar-refractivity contribution >= 4 is 0 Å². The van der Waals surface area contributed by atoms with Crippen molar-refractivity contribution in [2.75, 3.05) is 0 Å². The highest BCUT2D eigenvalue weighted by Gasteiger charge is 2.25. The summed E-state index contributed by atoms with van der Waals surface area (Å²) < 4.78 is 12.0. The zero-order chi connectivity index (χ0) is 25.0. The van der Waals surface area contributed by atoms with Gasteiger partial charge >= 0.3 is 0 Å². The summed E-state index contributed by atoms with van der Waals surface area (Å²) in [6.07, 6.45) is 6.99.